The highest BCUT2D eigenvalue weighted by atomic mass is 32.2. The summed E-state index contributed by atoms with van der Waals surface area (Å²) in [6.07, 6.45) is 0.686. The third-order valence-electron chi connectivity index (χ3n) is 2.80. The molecule has 1 rings (SSSR count). The minimum Gasteiger partial charge on any atom is -0.329 e. The Hall–Kier alpha value is -0.870. The lowest BCUT2D eigenvalue weighted by molar-refractivity contribution is 0.562. The minimum absolute atomic E-state index is 0.143. The van der Waals surface area contributed by atoms with Crippen LogP contribution in [0, 0.1) is 5.92 Å². The molecule has 0 radical (unpaired) electrons. The molecule has 96 valence electrons. The molecule has 1 unspecified atom stereocenters. The van der Waals surface area contributed by atoms with Crippen molar-refractivity contribution in [2.24, 2.45) is 11.7 Å². The van der Waals surface area contributed by atoms with Crippen molar-refractivity contribution in [1.82, 2.24) is 0 Å². The van der Waals surface area contributed by atoms with Crippen LogP contribution < -0.4 is 5.73 Å². The first-order chi connectivity index (χ1) is 7.97. The predicted molar refractivity (Wildman–Crippen MR) is 71.5 cm³/mol. The maximum Gasteiger partial charge on any atom is 0.158 e. The average Bonchev–Trinajstić information content (AvgIpc) is 2.29. The van der Waals surface area contributed by atoms with Gasteiger partial charge in [0, 0.05) is 6.54 Å². The molecule has 1 atom stereocenters. The van der Waals surface area contributed by atoms with Crippen molar-refractivity contribution in [1.29, 1.82) is 0 Å². The van der Waals surface area contributed by atoms with Crippen LogP contribution in [0.4, 0.5) is 0 Å². The number of hydrogen-bond acceptors (Lipinski definition) is 3. The zero-order chi connectivity index (χ0) is 12.9. The standard InChI is InChI=1S/C13H21NO2S/c1-11(2)8-9-17(15,16)13(10-14)12-6-4-3-5-7-12/h3-7,11,13H,8-10,14H2,1-2H3. The predicted octanol–water partition coefficient (Wildman–Crippen LogP) is 2.15. The van der Waals surface area contributed by atoms with E-state index >= 15 is 0 Å². The molecule has 0 spiro atoms. The summed E-state index contributed by atoms with van der Waals surface area (Å²) in [5.74, 6) is 0.598. The van der Waals surface area contributed by atoms with Crippen LogP contribution in [0.1, 0.15) is 31.1 Å². The second-order valence-corrected chi connectivity index (χ2v) is 6.99. The van der Waals surface area contributed by atoms with Crippen LogP contribution in [0.15, 0.2) is 30.3 Å². The van der Waals surface area contributed by atoms with Gasteiger partial charge in [-0.2, -0.15) is 0 Å². The molecule has 3 nitrogen and oxygen atoms in total. The van der Waals surface area contributed by atoms with Gasteiger partial charge in [0.1, 0.15) is 0 Å². The van der Waals surface area contributed by atoms with Crippen LogP contribution in [-0.2, 0) is 9.84 Å². The topological polar surface area (TPSA) is 60.2 Å². The van der Waals surface area contributed by atoms with E-state index in [9.17, 15) is 8.42 Å². The van der Waals surface area contributed by atoms with Gasteiger partial charge in [0.2, 0.25) is 0 Å². The summed E-state index contributed by atoms with van der Waals surface area (Å²) >= 11 is 0. The molecule has 0 heterocycles. The lowest BCUT2D eigenvalue weighted by Crippen LogP contribution is -2.24. The Morgan fingerprint density at radius 1 is 1.18 bits per heavy atom. The summed E-state index contributed by atoms with van der Waals surface area (Å²) in [4.78, 5) is 0. The number of hydrogen-bond donors (Lipinski definition) is 1. The molecule has 0 amide bonds. The van der Waals surface area contributed by atoms with E-state index in [2.05, 4.69) is 0 Å². The number of rotatable bonds is 6. The van der Waals surface area contributed by atoms with Crippen molar-refractivity contribution in [3.8, 4) is 0 Å². The fraction of sp³-hybridized carbons (Fsp3) is 0.538. The van der Waals surface area contributed by atoms with Crippen molar-refractivity contribution in [2.75, 3.05) is 12.3 Å². The molecule has 0 fully saturated rings. The zero-order valence-electron chi connectivity index (χ0n) is 10.5. The van der Waals surface area contributed by atoms with Crippen LogP contribution in [0.25, 0.3) is 0 Å². The third-order valence-corrected chi connectivity index (χ3v) is 4.93. The molecule has 1 aromatic rings. The molecular formula is C13H21NO2S. The largest absolute Gasteiger partial charge is 0.329 e. The van der Waals surface area contributed by atoms with E-state index in [0.717, 1.165) is 5.56 Å². The maximum absolute atomic E-state index is 12.2. The van der Waals surface area contributed by atoms with Crippen LogP contribution in [0.5, 0.6) is 0 Å². The fourth-order valence-corrected chi connectivity index (χ4v) is 3.65. The summed E-state index contributed by atoms with van der Waals surface area (Å²) in [6.45, 7) is 4.19. The average molecular weight is 255 g/mol. The van der Waals surface area contributed by atoms with Gasteiger partial charge in [-0.3, -0.25) is 0 Å². The van der Waals surface area contributed by atoms with Crippen LogP contribution in [0.2, 0.25) is 0 Å². The Bertz CT molecular complexity index is 426. The molecule has 1 aromatic carbocycles. The molecular weight excluding hydrogens is 234 g/mol. The summed E-state index contributed by atoms with van der Waals surface area (Å²) < 4.78 is 24.4. The Labute approximate surface area is 104 Å². The van der Waals surface area contributed by atoms with Gasteiger partial charge in [-0.25, -0.2) is 8.42 Å². The van der Waals surface area contributed by atoms with E-state index in [0.29, 0.717) is 12.3 Å². The first-order valence-corrected chi connectivity index (χ1v) is 7.65. The van der Waals surface area contributed by atoms with Gasteiger partial charge in [0.25, 0.3) is 0 Å². The van der Waals surface area contributed by atoms with Gasteiger partial charge >= 0.3 is 0 Å². The Kier molecular flexibility index (Phi) is 5.15. The van der Waals surface area contributed by atoms with Crippen LogP contribution in [-0.4, -0.2) is 20.7 Å². The number of benzene rings is 1. The van der Waals surface area contributed by atoms with Gasteiger partial charge in [0.15, 0.2) is 9.84 Å². The zero-order valence-corrected chi connectivity index (χ0v) is 11.3. The van der Waals surface area contributed by atoms with Crippen molar-refractivity contribution in [2.45, 2.75) is 25.5 Å². The monoisotopic (exact) mass is 255 g/mol. The SMILES string of the molecule is CC(C)CCS(=O)(=O)C(CN)c1ccccc1. The second-order valence-electron chi connectivity index (χ2n) is 4.68. The van der Waals surface area contributed by atoms with Crippen molar-refractivity contribution in [3.63, 3.8) is 0 Å². The Morgan fingerprint density at radius 3 is 2.24 bits per heavy atom. The van der Waals surface area contributed by atoms with Crippen LogP contribution >= 0.6 is 0 Å². The quantitative estimate of drug-likeness (QED) is 0.847. The normalized spacial score (nSPS) is 13.9. The molecule has 0 aliphatic heterocycles. The molecule has 0 aromatic heterocycles. The van der Waals surface area contributed by atoms with Gasteiger partial charge in [-0.15, -0.1) is 0 Å². The first kappa shape index (κ1) is 14.2. The van der Waals surface area contributed by atoms with Gasteiger partial charge in [0.05, 0.1) is 11.0 Å². The molecule has 0 bridgehead atoms. The van der Waals surface area contributed by atoms with E-state index in [1.165, 1.54) is 0 Å². The van der Waals surface area contributed by atoms with Gasteiger partial charge < -0.3 is 5.73 Å². The summed E-state index contributed by atoms with van der Waals surface area (Å²) in [5.41, 5.74) is 6.41. The highest BCUT2D eigenvalue weighted by Gasteiger charge is 2.25. The van der Waals surface area contributed by atoms with Crippen molar-refractivity contribution >= 4 is 9.84 Å². The van der Waals surface area contributed by atoms with Gasteiger partial charge in [-0.1, -0.05) is 44.2 Å². The lowest BCUT2D eigenvalue weighted by Gasteiger charge is -2.16. The van der Waals surface area contributed by atoms with E-state index in [4.69, 9.17) is 5.73 Å². The molecule has 0 aliphatic rings. The van der Waals surface area contributed by atoms with E-state index in [1.807, 2.05) is 44.2 Å². The molecule has 0 saturated heterocycles. The smallest absolute Gasteiger partial charge is 0.158 e. The molecule has 2 N–H and O–H groups in total. The highest BCUT2D eigenvalue weighted by Crippen LogP contribution is 2.23. The molecule has 0 saturated carbocycles. The lowest BCUT2D eigenvalue weighted by atomic mass is 10.1. The Morgan fingerprint density at radius 2 is 1.76 bits per heavy atom. The molecule has 0 aliphatic carbocycles. The van der Waals surface area contributed by atoms with E-state index in [1.54, 1.807) is 0 Å². The number of sulfone groups is 1. The summed E-state index contributed by atoms with van der Waals surface area (Å²) in [6, 6.07) is 9.21. The summed E-state index contributed by atoms with van der Waals surface area (Å²) in [5, 5.41) is -0.567. The van der Waals surface area contributed by atoms with Gasteiger partial charge in [-0.05, 0) is 17.9 Å². The first-order valence-electron chi connectivity index (χ1n) is 5.94. The highest BCUT2D eigenvalue weighted by molar-refractivity contribution is 7.91. The molecule has 17 heavy (non-hydrogen) atoms. The molecule has 4 heteroatoms. The number of nitrogens with two attached hydrogens (primary N) is 1. The van der Waals surface area contributed by atoms with Crippen molar-refractivity contribution < 1.29 is 8.42 Å². The Balaban J connectivity index is 2.87. The second kappa shape index (κ2) is 6.17. The van der Waals surface area contributed by atoms with E-state index in [-0.39, 0.29) is 12.3 Å². The third kappa shape index (κ3) is 4.13. The van der Waals surface area contributed by atoms with Crippen LogP contribution in [0.3, 0.4) is 0 Å². The van der Waals surface area contributed by atoms with E-state index < -0.39 is 15.1 Å². The summed E-state index contributed by atoms with van der Waals surface area (Å²) in [7, 11) is -3.15. The minimum atomic E-state index is -3.15. The fourth-order valence-electron chi connectivity index (χ4n) is 1.70. The van der Waals surface area contributed by atoms with Crippen molar-refractivity contribution in [3.05, 3.63) is 35.9 Å². The maximum atomic E-state index is 12.2.